The van der Waals surface area contributed by atoms with Crippen molar-refractivity contribution in [1.29, 1.82) is 0 Å². The number of ether oxygens (including phenoxy) is 1. The van der Waals surface area contributed by atoms with Crippen molar-refractivity contribution in [2.75, 3.05) is 12.4 Å². The van der Waals surface area contributed by atoms with Crippen LogP contribution in [0.5, 0.6) is 5.75 Å². The highest BCUT2D eigenvalue weighted by Gasteiger charge is 2.15. The number of para-hydroxylation sites is 2. The predicted octanol–water partition coefficient (Wildman–Crippen LogP) is 5.75. The van der Waals surface area contributed by atoms with Crippen molar-refractivity contribution in [2.24, 2.45) is 0 Å². The Labute approximate surface area is 195 Å². The fourth-order valence-electron chi connectivity index (χ4n) is 3.12. The van der Waals surface area contributed by atoms with Gasteiger partial charge in [0, 0.05) is 17.9 Å². The molecule has 0 aliphatic heterocycles. The largest absolute Gasteiger partial charge is 0.495 e. The minimum Gasteiger partial charge on any atom is -0.495 e. The maximum atomic E-state index is 12.6. The number of allylic oxidation sites excluding steroid dienone is 1. The molecule has 0 aliphatic carbocycles. The minimum absolute atomic E-state index is 0.181. The molecule has 4 aromatic rings. The number of hydrogen-bond acceptors (Lipinski definition) is 6. The fraction of sp³-hybridized carbons (Fsp3) is 0.125. The van der Waals surface area contributed by atoms with Gasteiger partial charge in [-0.1, -0.05) is 48.2 Å². The van der Waals surface area contributed by atoms with Gasteiger partial charge in [0.25, 0.3) is 5.91 Å². The zero-order chi connectivity index (χ0) is 22.3. The maximum absolute atomic E-state index is 12.6. The van der Waals surface area contributed by atoms with E-state index in [-0.39, 0.29) is 5.91 Å². The van der Waals surface area contributed by atoms with Crippen LogP contribution in [-0.4, -0.2) is 27.8 Å². The summed E-state index contributed by atoms with van der Waals surface area (Å²) >= 11 is 3.25. The van der Waals surface area contributed by atoms with Crippen molar-refractivity contribution in [1.82, 2.24) is 14.8 Å². The third-order valence-electron chi connectivity index (χ3n) is 4.71. The van der Waals surface area contributed by atoms with Crippen LogP contribution >= 0.6 is 23.1 Å². The first-order valence-corrected chi connectivity index (χ1v) is 11.8. The smallest absolute Gasteiger partial charge is 0.255 e. The quantitative estimate of drug-likeness (QED) is 0.253. The first-order chi connectivity index (χ1) is 15.7. The van der Waals surface area contributed by atoms with Crippen LogP contribution in [0.3, 0.4) is 0 Å². The molecule has 2 aromatic heterocycles. The number of methoxy groups -OCH3 is 1. The molecule has 4 rings (SSSR count). The molecule has 8 heteroatoms. The first kappa shape index (κ1) is 21.9. The van der Waals surface area contributed by atoms with E-state index in [1.165, 1.54) is 0 Å². The van der Waals surface area contributed by atoms with Crippen LogP contribution in [-0.2, 0) is 12.3 Å². The van der Waals surface area contributed by atoms with Crippen LogP contribution in [0.25, 0.3) is 10.7 Å². The summed E-state index contributed by atoms with van der Waals surface area (Å²) in [6.07, 6.45) is 1.85. The number of thiophene rings is 1. The molecule has 0 saturated heterocycles. The van der Waals surface area contributed by atoms with E-state index < -0.39 is 0 Å². The molecule has 0 aliphatic rings. The van der Waals surface area contributed by atoms with E-state index in [1.807, 2.05) is 72.1 Å². The molecule has 0 radical (unpaired) electrons. The van der Waals surface area contributed by atoms with Gasteiger partial charge in [0.05, 0.1) is 17.7 Å². The lowest BCUT2D eigenvalue weighted by atomic mass is 10.1. The molecule has 0 bridgehead atoms. The van der Waals surface area contributed by atoms with E-state index in [4.69, 9.17) is 4.74 Å². The second-order valence-electron chi connectivity index (χ2n) is 6.82. The van der Waals surface area contributed by atoms with Crippen molar-refractivity contribution in [2.45, 2.75) is 17.5 Å². The zero-order valence-electron chi connectivity index (χ0n) is 17.5. The third-order valence-corrected chi connectivity index (χ3v) is 6.61. The number of hydrogen-bond donors (Lipinski definition) is 1. The summed E-state index contributed by atoms with van der Waals surface area (Å²) in [5.74, 6) is 2.01. The van der Waals surface area contributed by atoms with E-state index in [1.54, 1.807) is 30.2 Å². The van der Waals surface area contributed by atoms with Gasteiger partial charge in [-0.25, -0.2) is 0 Å². The second-order valence-corrected chi connectivity index (χ2v) is 8.71. The number of carbonyl (C=O) groups excluding carboxylic acids is 1. The molecule has 1 N–H and O–H groups in total. The van der Waals surface area contributed by atoms with E-state index in [9.17, 15) is 4.79 Å². The van der Waals surface area contributed by atoms with Crippen LogP contribution in [0.2, 0.25) is 0 Å². The number of thioether (sulfide) groups is 1. The van der Waals surface area contributed by atoms with Crippen molar-refractivity contribution < 1.29 is 9.53 Å². The number of nitrogens with zero attached hydrogens (tertiary/aromatic N) is 3. The molecule has 0 saturated carbocycles. The molecule has 0 unspecified atom stereocenters. The summed E-state index contributed by atoms with van der Waals surface area (Å²) in [6, 6.07) is 18.9. The molecule has 0 atom stereocenters. The maximum Gasteiger partial charge on any atom is 0.255 e. The molecule has 32 heavy (non-hydrogen) atoms. The zero-order valence-corrected chi connectivity index (χ0v) is 19.2. The summed E-state index contributed by atoms with van der Waals surface area (Å²) < 4.78 is 7.36. The lowest BCUT2D eigenvalue weighted by Gasteiger charge is -2.10. The summed E-state index contributed by atoms with van der Waals surface area (Å²) in [5, 5.41) is 14.5. The molecule has 0 spiro atoms. The van der Waals surface area contributed by atoms with Crippen LogP contribution in [0, 0.1) is 0 Å². The highest BCUT2D eigenvalue weighted by Crippen LogP contribution is 2.29. The highest BCUT2D eigenvalue weighted by molar-refractivity contribution is 7.98. The van der Waals surface area contributed by atoms with Crippen molar-refractivity contribution >= 4 is 34.7 Å². The minimum atomic E-state index is -0.181. The van der Waals surface area contributed by atoms with E-state index in [2.05, 4.69) is 26.7 Å². The van der Waals surface area contributed by atoms with Crippen molar-refractivity contribution in [3.8, 4) is 16.5 Å². The van der Waals surface area contributed by atoms with Gasteiger partial charge in [0.2, 0.25) is 0 Å². The van der Waals surface area contributed by atoms with Gasteiger partial charge in [0.1, 0.15) is 5.75 Å². The molecule has 162 valence electrons. The Bertz CT molecular complexity index is 1200. The Morgan fingerprint density at radius 2 is 1.97 bits per heavy atom. The van der Waals surface area contributed by atoms with Crippen LogP contribution < -0.4 is 10.1 Å². The van der Waals surface area contributed by atoms with Crippen LogP contribution in [0.15, 0.2) is 83.9 Å². The molecule has 2 aromatic carbocycles. The summed E-state index contributed by atoms with van der Waals surface area (Å²) in [5.41, 5.74) is 2.32. The molecule has 6 nitrogen and oxygen atoms in total. The summed E-state index contributed by atoms with van der Waals surface area (Å²) in [7, 11) is 1.58. The molecule has 2 heterocycles. The number of aromatic nitrogens is 3. The lowest BCUT2D eigenvalue weighted by molar-refractivity contribution is 0.102. The van der Waals surface area contributed by atoms with E-state index >= 15 is 0 Å². The Morgan fingerprint density at radius 3 is 2.69 bits per heavy atom. The van der Waals surface area contributed by atoms with Gasteiger partial charge in [-0.2, -0.15) is 0 Å². The number of rotatable bonds is 9. The van der Waals surface area contributed by atoms with Crippen molar-refractivity contribution in [3.63, 3.8) is 0 Å². The number of carbonyl (C=O) groups is 1. The van der Waals surface area contributed by atoms with Gasteiger partial charge in [-0.05, 0) is 41.3 Å². The molecular weight excluding hydrogens is 440 g/mol. The summed E-state index contributed by atoms with van der Waals surface area (Å²) in [4.78, 5) is 13.7. The Balaban J connectivity index is 1.42. The lowest BCUT2D eigenvalue weighted by Crippen LogP contribution is -2.12. The third kappa shape index (κ3) is 4.92. The summed E-state index contributed by atoms with van der Waals surface area (Å²) in [6.45, 7) is 4.50. The molecular formula is C24H22N4O2S2. The van der Waals surface area contributed by atoms with Gasteiger partial charge >= 0.3 is 0 Å². The first-order valence-electron chi connectivity index (χ1n) is 9.93. The predicted molar refractivity (Wildman–Crippen MR) is 130 cm³/mol. The van der Waals surface area contributed by atoms with E-state index in [0.717, 1.165) is 21.4 Å². The monoisotopic (exact) mass is 462 g/mol. The fourth-order valence-corrected chi connectivity index (χ4v) is 4.74. The Morgan fingerprint density at radius 1 is 1.16 bits per heavy atom. The topological polar surface area (TPSA) is 69.0 Å². The van der Waals surface area contributed by atoms with Gasteiger partial charge in [-0.3, -0.25) is 9.36 Å². The Kier molecular flexibility index (Phi) is 7.03. The number of nitrogens with one attached hydrogen (secondary N) is 1. The number of anilines is 1. The van der Waals surface area contributed by atoms with Gasteiger partial charge < -0.3 is 10.1 Å². The SMILES string of the molecule is C=CCn1c(SCc2ccc(C(=O)Nc3ccccc3OC)cc2)nnc1-c1cccs1. The average Bonchev–Trinajstić information content (AvgIpc) is 3.49. The molecule has 0 fully saturated rings. The van der Waals surface area contributed by atoms with Gasteiger partial charge in [-0.15, -0.1) is 28.1 Å². The van der Waals surface area contributed by atoms with Gasteiger partial charge in [0.15, 0.2) is 11.0 Å². The molecule has 1 amide bonds. The normalized spacial score (nSPS) is 10.7. The highest BCUT2D eigenvalue weighted by atomic mass is 32.2. The van der Waals surface area contributed by atoms with Crippen molar-refractivity contribution in [3.05, 3.63) is 89.8 Å². The average molecular weight is 463 g/mol. The number of amides is 1. The Hall–Kier alpha value is -3.36. The van der Waals surface area contributed by atoms with E-state index in [0.29, 0.717) is 29.3 Å². The standard InChI is InChI=1S/C24H22N4O2S2/c1-3-14-28-22(21-9-6-15-31-21)26-27-24(28)32-16-17-10-12-18(13-11-17)23(29)25-19-7-4-5-8-20(19)30-2/h3-13,15H,1,14,16H2,2H3,(H,25,29). The van der Waals surface area contributed by atoms with Crippen LogP contribution in [0.1, 0.15) is 15.9 Å². The number of benzene rings is 2. The van der Waals surface area contributed by atoms with Crippen LogP contribution in [0.4, 0.5) is 5.69 Å². The second kappa shape index (κ2) is 10.3.